The number of amides is 2. The molecule has 2 amide bonds. The standard InChI is InChI=1S/C14H19ClN4O.C14H22N6O.CH4.H4N2/c1-3-10-13(20)18(2)11-8-16-14(15)17-12(11)19(10)9-6-4-5-7-9;1-3-10-13(21)19(2)11-8-16-14(18-15)17-12(11)20(10)9-6-4-5-7-9;;1-2/h8-10H,3-7H2,1-2H3;8-10H,3-7,15H2,1-2H3,(H,16,17,18);1H4;1-2H2/t2*10-;;/m11../s1. The number of hydrogen-bond donors (Lipinski definition) is 4. The van der Waals surface area contributed by atoms with Gasteiger partial charge in [0.1, 0.15) is 23.5 Å². The summed E-state index contributed by atoms with van der Waals surface area (Å²) in [5, 5.41) is 0.240. The zero-order chi connectivity index (χ0) is 31.3. The molecular weight excluding hydrogens is 584 g/mol. The Bertz CT molecular complexity index is 1270. The van der Waals surface area contributed by atoms with Gasteiger partial charge in [0.25, 0.3) is 0 Å². The molecule has 2 aliphatic heterocycles. The van der Waals surface area contributed by atoms with Crippen LogP contribution in [0.4, 0.5) is 29.0 Å². The third kappa shape index (κ3) is 6.67. The van der Waals surface area contributed by atoms with Crippen LogP contribution in [0, 0.1) is 0 Å². The molecule has 0 bridgehead atoms. The first kappa shape index (κ1) is 35.2. The minimum Gasteiger partial charge on any atom is -0.340 e. The molecule has 0 spiro atoms. The summed E-state index contributed by atoms with van der Waals surface area (Å²) in [5.41, 5.74) is 4.01. The molecule has 2 fully saturated rings. The van der Waals surface area contributed by atoms with E-state index in [1.807, 2.05) is 13.8 Å². The molecule has 6 rings (SSSR count). The minimum absolute atomic E-state index is 0. The molecule has 4 aliphatic rings. The highest BCUT2D eigenvalue weighted by atomic mass is 35.5. The number of nitrogen functional groups attached to an aromatic ring is 1. The number of halogens is 1. The third-order valence-corrected chi connectivity index (χ3v) is 9.11. The van der Waals surface area contributed by atoms with Crippen molar-refractivity contribution in [3.8, 4) is 0 Å². The van der Waals surface area contributed by atoms with E-state index in [0.717, 1.165) is 61.5 Å². The Labute approximate surface area is 265 Å². The van der Waals surface area contributed by atoms with Crippen LogP contribution in [0.3, 0.4) is 0 Å². The summed E-state index contributed by atoms with van der Waals surface area (Å²) in [7, 11) is 3.57. The lowest BCUT2D eigenvalue weighted by molar-refractivity contribution is -0.120. The summed E-state index contributed by atoms with van der Waals surface area (Å²) in [6.45, 7) is 4.10. The maximum Gasteiger partial charge on any atom is 0.249 e. The van der Waals surface area contributed by atoms with Gasteiger partial charge in [-0.05, 0) is 50.1 Å². The summed E-state index contributed by atoms with van der Waals surface area (Å²) in [6.07, 6.45) is 14.2. The van der Waals surface area contributed by atoms with Crippen molar-refractivity contribution in [2.75, 3.05) is 39.1 Å². The number of carbonyl (C=O) groups excluding carboxylic acids is 2. The summed E-state index contributed by atoms with van der Waals surface area (Å²) in [5.74, 6) is 15.7. The van der Waals surface area contributed by atoms with Gasteiger partial charge in [0.15, 0.2) is 11.6 Å². The molecule has 7 N–H and O–H groups in total. The lowest BCUT2D eigenvalue weighted by Crippen LogP contribution is -2.55. The van der Waals surface area contributed by atoms with Gasteiger partial charge in [0.2, 0.25) is 23.0 Å². The van der Waals surface area contributed by atoms with Crippen LogP contribution in [-0.4, -0.2) is 70.0 Å². The van der Waals surface area contributed by atoms with Crippen molar-refractivity contribution in [3.05, 3.63) is 17.7 Å². The Balaban J connectivity index is 0.000000223. The monoisotopic (exact) mass is 632 g/mol. The first-order valence-corrected chi connectivity index (χ1v) is 15.5. The summed E-state index contributed by atoms with van der Waals surface area (Å²) in [6, 6.07) is 0.488. The average Bonchev–Trinajstić information content (AvgIpc) is 3.77. The number of carbonyl (C=O) groups is 2. The second-order valence-electron chi connectivity index (χ2n) is 11.2. The van der Waals surface area contributed by atoms with E-state index in [9.17, 15) is 9.59 Å². The SMILES string of the molecule is C.CC[C@@H]1C(=O)N(C)c2cnc(Cl)nc2N1C1CCCC1.CC[C@@H]1C(=O)N(C)c2cnc(NN)nc2N1C1CCCC1.NN. The van der Waals surface area contributed by atoms with E-state index in [1.54, 1.807) is 36.3 Å². The highest BCUT2D eigenvalue weighted by Gasteiger charge is 2.42. The van der Waals surface area contributed by atoms with Gasteiger partial charge in [-0.3, -0.25) is 26.7 Å². The number of nitrogens with one attached hydrogen (secondary N) is 1. The van der Waals surface area contributed by atoms with Gasteiger partial charge in [0, 0.05) is 26.2 Å². The molecule has 2 aromatic rings. The summed E-state index contributed by atoms with van der Waals surface area (Å²) < 4.78 is 0. The number of hydrogen-bond acceptors (Lipinski definition) is 12. The van der Waals surface area contributed by atoms with Crippen LogP contribution in [0.5, 0.6) is 0 Å². The van der Waals surface area contributed by atoms with Crippen molar-refractivity contribution in [1.29, 1.82) is 0 Å². The maximum atomic E-state index is 12.6. The Morgan fingerprint density at radius 2 is 1.20 bits per heavy atom. The van der Waals surface area contributed by atoms with Crippen LogP contribution in [0.2, 0.25) is 5.28 Å². The quantitative estimate of drug-likeness (QED) is 0.214. The molecule has 244 valence electrons. The molecule has 0 radical (unpaired) electrons. The highest BCUT2D eigenvalue weighted by Crippen LogP contribution is 2.41. The lowest BCUT2D eigenvalue weighted by atomic mass is 10.0. The number of rotatable bonds is 5. The first-order valence-electron chi connectivity index (χ1n) is 15.1. The highest BCUT2D eigenvalue weighted by molar-refractivity contribution is 6.28. The molecule has 0 aromatic carbocycles. The average molecular weight is 633 g/mol. The fourth-order valence-electron chi connectivity index (χ4n) is 6.81. The summed E-state index contributed by atoms with van der Waals surface area (Å²) in [4.78, 5) is 50.0. The number of likely N-dealkylation sites (N-methyl/N-ethyl adjacent to an activating group) is 2. The Hall–Kier alpha value is -3.33. The Morgan fingerprint density at radius 1 is 0.795 bits per heavy atom. The van der Waals surface area contributed by atoms with Gasteiger partial charge in [-0.25, -0.2) is 15.8 Å². The second kappa shape index (κ2) is 15.6. The van der Waals surface area contributed by atoms with E-state index >= 15 is 0 Å². The molecule has 0 saturated heterocycles. The molecule has 0 unspecified atom stereocenters. The fraction of sp³-hybridized carbons (Fsp3) is 0.655. The number of hydrazine groups is 2. The zero-order valence-corrected chi connectivity index (χ0v) is 26.3. The summed E-state index contributed by atoms with van der Waals surface area (Å²) >= 11 is 5.97. The van der Waals surface area contributed by atoms with E-state index < -0.39 is 0 Å². The smallest absolute Gasteiger partial charge is 0.249 e. The van der Waals surface area contributed by atoms with E-state index in [-0.39, 0.29) is 36.6 Å². The van der Waals surface area contributed by atoms with Gasteiger partial charge in [-0.1, -0.05) is 47.0 Å². The van der Waals surface area contributed by atoms with Crippen molar-refractivity contribution >= 4 is 52.4 Å². The number of aromatic nitrogens is 4. The predicted molar refractivity (Wildman–Crippen MR) is 176 cm³/mol. The molecule has 2 aliphatic carbocycles. The van der Waals surface area contributed by atoms with Crippen molar-refractivity contribution in [1.82, 2.24) is 19.9 Å². The number of nitrogens with zero attached hydrogens (tertiary/aromatic N) is 8. The predicted octanol–water partition coefficient (Wildman–Crippen LogP) is 3.36. The normalized spacial score (nSPS) is 21.5. The molecule has 2 saturated carbocycles. The van der Waals surface area contributed by atoms with Crippen LogP contribution in [0.25, 0.3) is 0 Å². The van der Waals surface area contributed by atoms with E-state index in [2.05, 4.69) is 46.8 Å². The van der Waals surface area contributed by atoms with Crippen molar-refractivity contribution in [2.45, 2.75) is 110 Å². The van der Waals surface area contributed by atoms with E-state index in [4.69, 9.17) is 17.4 Å². The zero-order valence-electron chi connectivity index (χ0n) is 25.5. The number of fused-ring (bicyclic) bond motifs is 2. The van der Waals surface area contributed by atoms with Crippen molar-refractivity contribution in [3.63, 3.8) is 0 Å². The fourth-order valence-corrected chi connectivity index (χ4v) is 6.94. The maximum absolute atomic E-state index is 12.6. The van der Waals surface area contributed by atoms with Crippen LogP contribution in [0.1, 0.15) is 85.5 Å². The second-order valence-corrected chi connectivity index (χ2v) is 11.6. The third-order valence-electron chi connectivity index (χ3n) is 8.92. The lowest BCUT2D eigenvalue weighted by Gasteiger charge is -2.43. The van der Waals surface area contributed by atoms with Crippen molar-refractivity contribution in [2.24, 2.45) is 17.5 Å². The minimum atomic E-state index is -0.147. The molecular formula is C29H49ClN12O2. The first-order chi connectivity index (χ1) is 20.8. The molecule has 2 atom stereocenters. The molecule has 4 heterocycles. The Kier molecular flexibility index (Phi) is 12.5. The molecule has 14 nitrogen and oxygen atoms in total. The van der Waals surface area contributed by atoms with E-state index in [1.165, 1.54) is 25.7 Å². The van der Waals surface area contributed by atoms with Gasteiger partial charge in [-0.2, -0.15) is 9.97 Å². The van der Waals surface area contributed by atoms with Gasteiger partial charge >= 0.3 is 0 Å². The number of anilines is 5. The van der Waals surface area contributed by atoms with Crippen LogP contribution in [-0.2, 0) is 9.59 Å². The van der Waals surface area contributed by atoms with Gasteiger partial charge in [0.05, 0.1) is 12.4 Å². The molecule has 15 heteroatoms. The van der Waals surface area contributed by atoms with Crippen LogP contribution in [0.15, 0.2) is 12.4 Å². The Morgan fingerprint density at radius 3 is 1.61 bits per heavy atom. The largest absolute Gasteiger partial charge is 0.340 e. The topological polar surface area (TPSA) is 189 Å². The van der Waals surface area contributed by atoms with Crippen LogP contribution < -0.4 is 42.6 Å². The van der Waals surface area contributed by atoms with Crippen LogP contribution >= 0.6 is 11.6 Å². The number of nitrogens with two attached hydrogens (primary N) is 3. The van der Waals surface area contributed by atoms with Gasteiger partial charge < -0.3 is 19.6 Å². The van der Waals surface area contributed by atoms with E-state index in [0.29, 0.717) is 18.0 Å². The molecule has 2 aromatic heterocycles. The van der Waals surface area contributed by atoms with Gasteiger partial charge in [-0.15, -0.1) is 0 Å². The van der Waals surface area contributed by atoms with Crippen molar-refractivity contribution < 1.29 is 9.59 Å². The molecule has 44 heavy (non-hydrogen) atoms.